The number of hydrogen-bond donors (Lipinski definition) is 0. The van der Waals surface area contributed by atoms with Crippen LogP contribution in [-0.4, -0.2) is 6.61 Å². The Morgan fingerprint density at radius 2 is 1.45 bits per heavy atom. The number of rotatable bonds is 12. The summed E-state index contributed by atoms with van der Waals surface area (Å²) < 4.78 is 5.85. The molecule has 0 aromatic heterocycles. The highest BCUT2D eigenvalue weighted by atomic mass is 16.5. The lowest BCUT2D eigenvalue weighted by Crippen LogP contribution is -1.99. The van der Waals surface area contributed by atoms with Crippen molar-refractivity contribution in [2.24, 2.45) is 0 Å². The van der Waals surface area contributed by atoms with Crippen molar-refractivity contribution in [1.29, 1.82) is 0 Å². The van der Waals surface area contributed by atoms with Gasteiger partial charge in [0.25, 0.3) is 0 Å². The molecule has 0 unspecified atom stereocenters. The van der Waals surface area contributed by atoms with E-state index in [1.54, 1.807) is 0 Å². The van der Waals surface area contributed by atoms with Gasteiger partial charge in [-0.25, -0.2) is 0 Å². The van der Waals surface area contributed by atoms with Crippen LogP contribution in [0.1, 0.15) is 70.3 Å². The molecule has 0 spiro atoms. The van der Waals surface area contributed by atoms with E-state index in [9.17, 15) is 0 Å². The van der Waals surface area contributed by atoms with Crippen LogP contribution >= 0.6 is 0 Å². The first kappa shape index (κ1) is 17.1. The van der Waals surface area contributed by atoms with Gasteiger partial charge < -0.3 is 4.74 Å². The lowest BCUT2D eigenvalue weighted by Gasteiger charge is -2.10. The molecule has 0 fully saturated rings. The summed E-state index contributed by atoms with van der Waals surface area (Å²) in [5.41, 5.74) is 1.21. The van der Waals surface area contributed by atoms with E-state index < -0.39 is 0 Å². The maximum absolute atomic E-state index is 5.85. The van der Waals surface area contributed by atoms with Crippen LogP contribution in [-0.2, 0) is 6.42 Å². The molecule has 0 aliphatic heterocycles. The number of hydrogen-bond acceptors (Lipinski definition) is 1. The van der Waals surface area contributed by atoms with E-state index in [0.717, 1.165) is 18.8 Å². The quantitative estimate of drug-likeness (QED) is 0.427. The number of benzene rings is 1. The van der Waals surface area contributed by atoms with E-state index >= 15 is 0 Å². The molecule has 0 saturated heterocycles. The molecule has 0 atom stereocenters. The van der Waals surface area contributed by atoms with Crippen molar-refractivity contribution in [3.05, 3.63) is 36.8 Å². The Balaban J connectivity index is 1.97. The Morgan fingerprint density at radius 1 is 0.850 bits per heavy atom. The second kappa shape index (κ2) is 11.8. The molecule has 0 heterocycles. The summed E-state index contributed by atoms with van der Waals surface area (Å²) >= 11 is 0. The second-order valence-electron chi connectivity index (χ2n) is 5.53. The zero-order valence-electron chi connectivity index (χ0n) is 13.2. The van der Waals surface area contributed by atoms with Crippen molar-refractivity contribution in [2.45, 2.75) is 71.1 Å². The Bertz CT molecular complexity index is 332. The average molecular weight is 275 g/mol. The predicted molar refractivity (Wildman–Crippen MR) is 88.2 cm³/mol. The fraction of sp³-hybridized carbons (Fsp3) is 0.632. The Morgan fingerprint density at radius 3 is 2.10 bits per heavy atom. The highest BCUT2D eigenvalue weighted by Gasteiger charge is 2.00. The predicted octanol–water partition coefficient (Wildman–Crippen LogP) is 5.97. The topological polar surface area (TPSA) is 9.23 Å². The SMILES string of the molecule is [CH2]Cc1ccccc1OCCCCCCCCCCC. The zero-order valence-corrected chi connectivity index (χ0v) is 13.2. The normalized spacial score (nSPS) is 10.7. The number of ether oxygens (including phenoxy) is 1. The molecule has 20 heavy (non-hydrogen) atoms. The van der Waals surface area contributed by atoms with Gasteiger partial charge in [-0.15, -0.1) is 0 Å². The molecule has 1 aromatic rings. The summed E-state index contributed by atoms with van der Waals surface area (Å²) in [6.45, 7) is 7.05. The van der Waals surface area contributed by atoms with Gasteiger partial charge in [-0.3, -0.25) is 0 Å². The van der Waals surface area contributed by atoms with Crippen LogP contribution in [0.25, 0.3) is 0 Å². The third-order valence-corrected chi connectivity index (χ3v) is 3.75. The van der Waals surface area contributed by atoms with E-state index in [2.05, 4.69) is 19.9 Å². The molecule has 0 amide bonds. The van der Waals surface area contributed by atoms with Crippen molar-refractivity contribution in [3.8, 4) is 5.75 Å². The van der Waals surface area contributed by atoms with Gasteiger partial charge in [0.15, 0.2) is 0 Å². The van der Waals surface area contributed by atoms with Gasteiger partial charge in [0.2, 0.25) is 0 Å². The summed E-state index contributed by atoms with van der Waals surface area (Å²) in [5, 5.41) is 0. The lowest BCUT2D eigenvalue weighted by molar-refractivity contribution is 0.302. The van der Waals surface area contributed by atoms with E-state index in [1.165, 1.54) is 63.4 Å². The zero-order chi connectivity index (χ0) is 14.5. The molecular weight excluding hydrogens is 244 g/mol. The molecule has 1 rings (SSSR count). The van der Waals surface area contributed by atoms with Gasteiger partial charge in [0.1, 0.15) is 5.75 Å². The van der Waals surface area contributed by atoms with Crippen LogP contribution in [0.3, 0.4) is 0 Å². The summed E-state index contributed by atoms with van der Waals surface area (Å²) in [7, 11) is 0. The number of para-hydroxylation sites is 1. The van der Waals surface area contributed by atoms with Crippen LogP contribution in [0.15, 0.2) is 24.3 Å². The van der Waals surface area contributed by atoms with Crippen molar-refractivity contribution in [2.75, 3.05) is 6.61 Å². The molecule has 0 aliphatic carbocycles. The summed E-state index contributed by atoms with van der Waals surface area (Å²) in [4.78, 5) is 0. The Kier molecular flexibility index (Phi) is 10.1. The largest absolute Gasteiger partial charge is 0.493 e. The fourth-order valence-corrected chi connectivity index (χ4v) is 2.45. The van der Waals surface area contributed by atoms with Crippen molar-refractivity contribution in [3.63, 3.8) is 0 Å². The monoisotopic (exact) mass is 275 g/mol. The van der Waals surface area contributed by atoms with Crippen LogP contribution in [0, 0.1) is 6.92 Å². The number of unbranched alkanes of at least 4 members (excludes halogenated alkanes) is 8. The minimum atomic E-state index is 0.800. The van der Waals surface area contributed by atoms with E-state index in [0.29, 0.717) is 0 Å². The Hall–Kier alpha value is -0.980. The standard InChI is InChI=1S/C19H31O/c1-3-5-6-7-8-9-10-11-14-17-20-19-16-13-12-15-18(19)4-2/h12-13,15-16H,2-11,14,17H2,1H3. The lowest BCUT2D eigenvalue weighted by atomic mass is 10.1. The molecular formula is C19H31O. The minimum absolute atomic E-state index is 0.800. The van der Waals surface area contributed by atoms with Gasteiger partial charge in [-0.1, -0.05) is 76.5 Å². The van der Waals surface area contributed by atoms with Crippen molar-refractivity contribution in [1.82, 2.24) is 0 Å². The Labute approximate surface area is 125 Å². The van der Waals surface area contributed by atoms with Crippen LogP contribution in [0.2, 0.25) is 0 Å². The van der Waals surface area contributed by atoms with Gasteiger partial charge >= 0.3 is 0 Å². The maximum atomic E-state index is 5.85. The van der Waals surface area contributed by atoms with Crippen LogP contribution < -0.4 is 4.74 Å². The van der Waals surface area contributed by atoms with Crippen LogP contribution in [0.4, 0.5) is 0 Å². The molecule has 113 valence electrons. The molecule has 0 N–H and O–H groups in total. The van der Waals surface area contributed by atoms with Gasteiger partial charge in [0, 0.05) is 0 Å². The third-order valence-electron chi connectivity index (χ3n) is 3.75. The molecule has 0 aliphatic rings. The van der Waals surface area contributed by atoms with E-state index in [1.807, 2.05) is 18.2 Å². The van der Waals surface area contributed by atoms with Crippen molar-refractivity contribution < 1.29 is 4.74 Å². The van der Waals surface area contributed by atoms with Gasteiger partial charge in [-0.05, 0) is 31.4 Å². The van der Waals surface area contributed by atoms with E-state index in [4.69, 9.17) is 4.74 Å². The minimum Gasteiger partial charge on any atom is -0.493 e. The molecule has 0 bridgehead atoms. The molecule has 0 saturated carbocycles. The highest BCUT2D eigenvalue weighted by molar-refractivity contribution is 5.33. The first-order valence-corrected chi connectivity index (χ1v) is 8.38. The third kappa shape index (κ3) is 7.57. The van der Waals surface area contributed by atoms with Crippen LogP contribution in [0.5, 0.6) is 5.75 Å². The molecule has 1 radical (unpaired) electrons. The van der Waals surface area contributed by atoms with Gasteiger partial charge in [0.05, 0.1) is 6.61 Å². The van der Waals surface area contributed by atoms with Gasteiger partial charge in [-0.2, -0.15) is 0 Å². The average Bonchev–Trinajstić information content (AvgIpc) is 2.49. The first-order chi connectivity index (χ1) is 9.88. The highest BCUT2D eigenvalue weighted by Crippen LogP contribution is 2.18. The molecule has 1 heteroatoms. The first-order valence-electron chi connectivity index (χ1n) is 8.38. The second-order valence-corrected chi connectivity index (χ2v) is 5.53. The van der Waals surface area contributed by atoms with E-state index in [-0.39, 0.29) is 0 Å². The molecule has 1 nitrogen and oxygen atoms in total. The maximum Gasteiger partial charge on any atom is 0.122 e. The molecule has 1 aromatic carbocycles. The summed E-state index contributed by atoms with van der Waals surface area (Å²) in [6, 6.07) is 8.23. The summed E-state index contributed by atoms with van der Waals surface area (Å²) in [5.74, 6) is 1.02. The fourth-order valence-electron chi connectivity index (χ4n) is 2.45. The summed E-state index contributed by atoms with van der Waals surface area (Å²) in [6.07, 6.45) is 13.0. The smallest absolute Gasteiger partial charge is 0.122 e. The van der Waals surface area contributed by atoms with Crippen molar-refractivity contribution >= 4 is 0 Å².